The summed E-state index contributed by atoms with van der Waals surface area (Å²) in [6, 6.07) is -0.294. The normalized spacial score (nSPS) is 23.9. The minimum absolute atomic E-state index is 0.104. The van der Waals surface area contributed by atoms with Crippen molar-refractivity contribution in [2.75, 3.05) is 0 Å². The first-order valence-corrected chi connectivity index (χ1v) is 7.77. The molecule has 114 valence electrons. The van der Waals surface area contributed by atoms with Gasteiger partial charge in [0.25, 0.3) is 0 Å². The van der Waals surface area contributed by atoms with Crippen LogP contribution in [0.25, 0.3) is 0 Å². The molecule has 2 saturated carbocycles. The van der Waals surface area contributed by atoms with E-state index >= 15 is 0 Å². The summed E-state index contributed by atoms with van der Waals surface area (Å²) in [6.07, 6.45) is 7.17. The first kappa shape index (κ1) is 15.1. The smallest absolute Gasteiger partial charge is 0.226 e. The summed E-state index contributed by atoms with van der Waals surface area (Å²) in [7, 11) is 0. The lowest BCUT2D eigenvalue weighted by atomic mass is 9.77. The zero-order chi connectivity index (χ0) is 14.8. The van der Waals surface area contributed by atoms with Crippen LogP contribution in [0.4, 0.5) is 0 Å². The van der Waals surface area contributed by atoms with Gasteiger partial charge in [-0.1, -0.05) is 31.8 Å². The molecule has 0 aromatic heterocycles. The van der Waals surface area contributed by atoms with E-state index in [9.17, 15) is 4.79 Å². The third kappa shape index (κ3) is 3.25. The molecule has 2 aliphatic rings. The van der Waals surface area contributed by atoms with Crippen LogP contribution in [0, 0.1) is 17.3 Å². The van der Waals surface area contributed by atoms with Crippen molar-refractivity contribution in [2.45, 2.75) is 64.8 Å². The van der Waals surface area contributed by atoms with E-state index in [1.54, 1.807) is 0 Å². The highest BCUT2D eigenvalue weighted by Gasteiger charge is 2.44. The Hall–Kier alpha value is -1.26. The molecule has 2 fully saturated rings. The Bertz CT molecular complexity index is 383. The number of hydrogen-bond donors (Lipinski definition) is 3. The number of oxime groups is 1. The molecular weight excluding hydrogens is 254 g/mol. The number of nitrogens with zero attached hydrogens (tertiary/aromatic N) is 1. The van der Waals surface area contributed by atoms with Gasteiger partial charge >= 0.3 is 0 Å². The second kappa shape index (κ2) is 6.02. The van der Waals surface area contributed by atoms with Crippen LogP contribution in [0.1, 0.15) is 58.8 Å². The van der Waals surface area contributed by atoms with Crippen LogP contribution in [0.5, 0.6) is 0 Å². The van der Waals surface area contributed by atoms with Crippen LogP contribution in [-0.4, -0.2) is 23.0 Å². The topological polar surface area (TPSA) is 87.7 Å². The molecule has 0 bridgehead atoms. The Balaban J connectivity index is 2.07. The fraction of sp³-hybridized carbons (Fsp3) is 0.867. The van der Waals surface area contributed by atoms with Crippen LogP contribution in [-0.2, 0) is 4.79 Å². The van der Waals surface area contributed by atoms with Gasteiger partial charge in [-0.3, -0.25) is 4.79 Å². The zero-order valence-electron chi connectivity index (χ0n) is 12.6. The van der Waals surface area contributed by atoms with Gasteiger partial charge in [0, 0.05) is 5.41 Å². The number of amides is 1. The molecule has 4 N–H and O–H groups in total. The van der Waals surface area contributed by atoms with Gasteiger partial charge in [-0.2, -0.15) is 0 Å². The van der Waals surface area contributed by atoms with E-state index in [1.807, 2.05) is 0 Å². The Kier molecular flexibility index (Phi) is 4.55. The second-order valence-electron chi connectivity index (χ2n) is 6.90. The fourth-order valence-electron chi connectivity index (χ4n) is 3.58. The molecule has 0 aromatic carbocycles. The molecule has 0 aromatic rings. The summed E-state index contributed by atoms with van der Waals surface area (Å²) in [5.41, 5.74) is 5.50. The lowest BCUT2D eigenvalue weighted by Crippen LogP contribution is -2.51. The maximum Gasteiger partial charge on any atom is 0.226 e. The average Bonchev–Trinajstić information content (AvgIpc) is 3.14. The molecule has 2 aliphatic carbocycles. The van der Waals surface area contributed by atoms with Gasteiger partial charge in [-0.15, -0.1) is 0 Å². The first-order valence-electron chi connectivity index (χ1n) is 7.77. The number of carbonyl (C=O) groups is 1. The third-order valence-corrected chi connectivity index (χ3v) is 4.66. The van der Waals surface area contributed by atoms with E-state index in [0.717, 1.165) is 44.9 Å². The van der Waals surface area contributed by atoms with Crippen LogP contribution in [0.15, 0.2) is 5.16 Å². The van der Waals surface area contributed by atoms with Crippen molar-refractivity contribution in [3.63, 3.8) is 0 Å². The molecule has 2 rings (SSSR count). The number of hydrogen-bond acceptors (Lipinski definition) is 3. The number of carbonyl (C=O) groups excluding carboxylic acids is 1. The number of amidine groups is 1. The predicted molar refractivity (Wildman–Crippen MR) is 78.4 cm³/mol. The van der Waals surface area contributed by atoms with Crippen LogP contribution < -0.4 is 11.1 Å². The number of nitrogens with one attached hydrogen (secondary N) is 1. The van der Waals surface area contributed by atoms with Gasteiger partial charge in [-0.05, 0) is 43.9 Å². The Labute approximate surface area is 121 Å². The van der Waals surface area contributed by atoms with Crippen molar-refractivity contribution in [1.29, 1.82) is 0 Å². The molecule has 1 atom stereocenters. The maximum atomic E-state index is 12.8. The SMILES string of the molecule is CC(C)CC1(C(=O)NC(C(N)=NO)C2CC2)CCCC1. The summed E-state index contributed by atoms with van der Waals surface area (Å²) in [5.74, 6) is 1.08. The molecule has 5 nitrogen and oxygen atoms in total. The van der Waals surface area contributed by atoms with Crippen molar-refractivity contribution >= 4 is 11.7 Å². The van der Waals surface area contributed by atoms with Crippen LogP contribution in [0.2, 0.25) is 0 Å². The molecule has 1 unspecified atom stereocenters. The summed E-state index contributed by atoms with van der Waals surface area (Å²) in [4.78, 5) is 12.8. The second-order valence-corrected chi connectivity index (χ2v) is 6.90. The van der Waals surface area contributed by atoms with Gasteiger partial charge in [0.1, 0.15) is 0 Å². The zero-order valence-corrected chi connectivity index (χ0v) is 12.6. The molecule has 5 heteroatoms. The van der Waals surface area contributed by atoms with E-state index in [-0.39, 0.29) is 23.2 Å². The van der Waals surface area contributed by atoms with Gasteiger partial charge < -0.3 is 16.3 Å². The van der Waals surface area contributed by atoms with Crippen molar-refractivity contribution in [3.8, 4) is 0 Å². The summed E-state index contributed by atoms with van der Waals surface area (Å²) in [5, 5.41) is 15.0. The number of nitrogens with two attached hydrogens (primary N) is 1. The lowest BCUT2D eigenvalue weighted by Gasteiger charge is -2.31. The molecule has 20 heavy (non-hydrogen) atoms. The molecule has 0 saturated heterocycles. The van der Waals surface area contributed by atoms with E-state index < -0.39 is 0 Å². The summed E-state index contributed by atoms with van der Waals surface area (Å²) in [6.45, 7) is 4.32. The van der Waals surface area contributed by atoms with Crippen molar-refractivity contribution in [3.05, 3.63) is 0 Å². The maximum absolute atomic E-state index is 12.8. The predicted octanol–water partition coefficient (Wildman–Crippen LogP) is 2.23. The average molecular weight is 281 g/mol. The van der Waals surface area contributed by atoms with Crippen molar-refractivity contribution < 1.29 is 10.0 Å². The Morgan fingerprint density at radius 2 is 2.00 bits per heavy atom. The largest absolute Gasteiger partial charge is 0.409 e. The van der Waals surface area contributed by atoms with Crippen molar-refractivity contribution in [1.82, 2.24) is 5.32 Å². The lowest BCUT2D eigenvalue weighted by molar-refractivity contribution is -0.132. The van der Waals surface area contributed by atoms with Crippen LogP contribution in [0.3, 0.4) is 0 Å². The highest BCUT2D eigenvalue weighted by molar-refractivity contribution is 5.92. The molecule has 0 radical (unpaired) electrons. The first-order chi connectivity index (χ1) is 9.48. The van der Waals surface area contributed by atoms with Gasteiger partial charge in [0.05, 0.1) is 6.04 Å². The Morgan fingerprint density at radius 3 is 2.45 bits per heavy atom. The third-order valence-electron chi connectivity index (χ3n) is 4.66. The highest BCUT2D eigenvalue weighted by atomic mass is 16.4. The van der Waals surface area contributed by atoms with E-state index in [1.165, 1.54) is 0 Å². The van der Waals surface area contributed by atoms with E-state index in [4.69, 9.17) is 10.9 Å². The van der Waals surface area contributed by atoms with E-state index in [0.29, 0.717) is 11.8 Å². The quantitative estimate of drug-likeness (QED) is 0.302. The minimum Gasteiger partial charge on any atom is -0.409 e. The molecule has 1 amide bonds. The summed E-state index contributed by atoms with van der Waals surface area (Å²) < 4.78 is 0. The standard InChI is InChI=1S/C15H27N3O2/c1-10(2)9-15(7-3-4-8-15)14(19)17-12(11-5-6-11)13(16)18-20/h10-12,20H,3-9H2,1-2H3,(H2,16,18)(H,17,19). The minimum atomic E-state index is -0.294. The van der Waals surface area contributed by atoms with Crippen molar-refractivity contribution in [2.24, 2.45) is 28.1 Å². The van der Waals surface area contributed by atoms with E-state index in [2.05, 4.69) is 24.3 Å². The Morgan fingerprint density at radius 1 is 1.40 bits per heavy atom. The molecule has 0 heterocycles. The summed E-state index contributed by atoms with van der Waals surface area (Å²) >= 11 is 0. The highest BCUT2D eigenvalue weighted by Crippen LogP contribution is 2.44. The molecular formula is C15H27N3O2. The molecule has 0 spiro atoms. The monoisotopic (exact) mass is 281 g/mol. The molecule has 0 aliphatic heterocycles. The van der Waals surface area contributed by atoms with Gasteiger partial charge in [0.2, 0.25) is 5.91 Å². The fourth-order valence-corrected chi connectivity index (χ4v) is 3.58. The van der Waals surface area contributed by atoms with Gasteiger partial charge in [-0.25, -0.2) is 0 Å². The van der Waals surface area contributed by atoms with Crippen LogP contribution >= 0.6 is 0 Å². The number of rotatable bonds is 6. The van der Waals surface area contributed by atoms with Gasteiger partial charge in [0.15, 0.2) is 5.84 Å².